The van der Waals surface area contributed by atoms with Crippen molar-refractivity contribution in [1.82, 2.24) is 35.8 Å². The smallest absolute Gasteiger partial charge is 0.407 e. The Labute approximate surface area is 369 Å². The van der Waals surface area contributed by atoms with Gasteiger partial charge in [-0.15, -0.1) is 0 Å². The number of hydrogen-bond donors (Lipinski definition) is 6. The van der Waals surface area contributed by atoms with E-state index >= 15 is 0 Å². The number of likely N-dealkylation sites (N-methyl/N-ethyl adjacent to an activating group) is 1. The van der Waals surface area contributed by atoms with Crippen LogP contribution in [0.3, 0.4) is 0 Å². The minimum absolute atomic E-state index is 0.00355. The van der Waals surface area contributed by atoms with Crippen molar-refractivity contribution in [3.63, 3.8) is 0 Å². The van der Waals surface area contributed by atoms with E-state index in [4.69, 9.17) is 9.47 Å². The zero-order chi connectivity index (χ0) is 45.6. The van der Waals surface area contributed by atoms with Gasteiger partial charge in [0.1, 0.15) is 30.3 Å². The highest BCUT2D eigenvalue weighted by atomic mass is 32.2. The fourth-order valence-corrected chi connectivity index (χ4v) is 8.22. The zero-order valence-electron chi connectivity index (χ0n) is 36.2. The predicted octanol–water partition coefficient (Wildman–Crippen LogP) is 4.82. The SMILES string of the molecule is CNC(=O)[C@H](CCCCNC(=O)OC(C)(C)C)NC(=O)[C@@H](Cc1ccccc1)NS(=O)(=O)N(Cc1ccccc1)NC(=O)[C@H](C)NC(=O)OCC1c2ccccc2-c2ccccc21. The first-order valence-electron chi connectivity index (χ1n) is 20.8. The lowest BCUT2D eigenvalue weighted by molar-refractivity contribution is -0.129. The highest BCUT2D eigenvalue weighted by molar-refractivity contribution is 7.87. The van der Waals surface area contributed by atoms with Crippen LogP contribution in [-0.2, 0) is 47.0 Å². The number of nitrogens with one attached hydrogen (secondary N) is 6. The first-order valence-corrected chi connectivity index (χ1v) is 22.3. The number of nitrogens with zero attached hydrogens (tertiary/aromatic N) is 1. The Morgan fingerprint density at radius 1 is 0.698 bits per heavy atom. The molecule has 0 spiro atoms. The van der Waals surface area contributed by atoms with Crippen molar-refractivity contribution in [2.24, 2.45) is 0 Å². The van der Waals surface area contributed by atoms with E-state index in [1.165, 1.54) is 14.0 Å². The molecule has 0 saturated carbocycles. The molecule has 0 heterocycles. The molecule has 0 bridgehead atoms. The number of carbonyl (C=O) groups is 5. The largest absolute Gasteiger partial charge is 0.449 e. The van der Waals surface area contributed by atoms with Crippen LogP contribution in [0.5, 0.6) is 0 Å². The van der Waals surface area contributed by atoms with E-state index in [1.807, 2.05) is 48.5 Å². The van der Waals surface area contributed by atoms with Gasteiger partial charge in [0.05, 0.1) is 6.54 Å². The summed E-state index contributed by atoms with van der Waals surface area (Å²) < 4.78 is 42.6. The second-order valence-corrected chi connectivity index (χ2v) is 17.8. The lowest BCUT2D eigenvalue weighted by Crippen LogP contribution is -2.59. The second kappa shape index (κ2) is 22.2. The highest BCUT2D eigenvalue weighted by Crippen LogP contribution is 2.44. The maximum absolute atomic E-state index is 14.3. The third-order valence-corrected chi connectivity index (χ3v) is 11.5. The average molecular weight is 884 g/mol. The summed E-state index contributed by atoms with van der Waals surface area (Å²) in [6.07, 6.45) is -0.503. The first-order chi connectivity index (χ1) is 30.0. The van der Waals surface area contributed by atoms with Crippen molar-refractivity contribution in [1.29, 1.82) is 0 Å². The van der Waals surface area contributed by atoms with E-state index in [1.54, 1.807) is 81.4 Å². The van der Waals surface area contributed by atoms with Gasteiger partial charge < -0.3 is 30.7 Å². The molecule has 16 nitrogen and oxygen atoms in total. The van der Waals surface area contributed by atoms with E-state index < -0.39 is 63.8 Å². The third-order valence-electron chi connectivity index (χ3n) is 10.1. The summed E-state index contributed by atoms with van der Waals surface area (Å²) >= 11 is 0. The summed E-state index contributed by atoms with van der Waals surface area (Å²) in [6.45, 7) is 6.56. The lowest BCUT2D eigenvalue weighted by Gasteiger charge is -2.28. The van der Waals surface area contributed by atoms with Gasteiger partial charge in [0.15, 0.2) is 0 Å². The molecule has 5 rings (SSSR count). The Hall–Kier alpha value is -6.30. The second-order valence-electron chi connectivity index (χ2n) is 16.1. The number of rotatable bonds is 20. The van der Waals surface area contributed by atoms with Crippen LogP contribution in [-0.4, -0.2) is 86.7 Å². The molecule has 63 heavy (non-hydrogen) atoms. The number of fused-ring (bicyclic) bond motifs is 3. The predicted molar refractivity (Wildman–Crippen MR) is 238 cm³/mol. The van der Waals surface area contributed by atoms with Gasteiger partial charge in [-0.1, -0.05) is 114 Å². The van der Waals surface area contributed by atoms with Gasteiger partial charge in [0.2, 0.25) is 11.8 Å². The Balaban J connectivity index is 1.27. The summed E-state index contributed by atoms with van der Waals surface area (Å²) in [6, 6.07) is 29.2. The number of carbonyl (C=O) groups excluding carboxylic acids is 5. The Kier molecular flexibility index (Phi) is 16.8. The van der Waals surface area contributed by atoms with Crippen LogP contribution in [0.1, 0.15) is 75.1 Å². The Morgan fingerprint density at radius 3 is 1.86 bits per heavy atom. The molecule has 0 fully saturated rings. The van der Waals surface area contributed by atoms with Crippen LogP contribution in [0.4, 0.5) is 9.59 Å². The molecule has 0 aromatic heterocycles. The summed E-state index contributed by atoms with van der Waals surface area (Å²) in [5.74, 6) is -2.39. The van der Waals surface area contributed by atoms with E-state index in [9.17, 15) is 32.4 Å². The minimum atomic E-state index is -4.73. The van der Waals surface area contributed by atoms with Crippen molar-refractivity contribution in [2.75, 3.05) is 20.2 Å². The van der Waals surface area contributed by atoms with Crippen LogP contribution in [0.15, 0.2) is 109 Å². The molecule has 0 unspecified atom stereocenters. The number of hydrogen-bond acceptors (Lipinski definition) is 9. The molecule has 4 aromatic rings. The normalized spacial score (nSPS) is 13.7. The van der Waals surface area contributed by atoms with Gasteiger partial charge in [0, 0.05) is 19.5 Å². The van der Waals surface area contributed by atoms with Crippen LogP contribution >= 0.6 is 0 Å². The van der Waals surface area contributed by atoms with Crippen molar-refractivity contribution in [3.8, 4) is 11.1 Å². The molecule has 4 aromatic carbocycles. The molecule has 0 saturated heterocycles. The molecule has 0 aliphatic heterocycles. The molecule has 0 radical (unpaired) electrons. The number of amides is 5. The van der Waals surface area contributed by atoms with Crippen molar-refractivity contribution in [3.05, 3.63) is 131 Å². The van der Waals surface area contributed by atoms with Gasteiger partial charge in [0.25, 0.3) is 16.1 Å². The topological polar surface area (TPSA) is 213 Å². The molecule has 3 atom stereocenters. The third kappa shape index (κ3) is 14.1. The quantitative estimate of drug-likeness (QED) is 0.0530. The lowest BCUT2D eigenvalue weighted by atomic mass is 9.98. The fourth-order valence-electron chi connectivity index (χ4n) is 7.01. The summed E-state index contributed by atoms with van der Waals surface area (Å²) in [5, 5.41) is 10.4. The molecule has 5 amide bonds. The maximum Gasteiger partial charge on any atom is 0.407 e. The minimum Gasteiger partial charge on any atom is -0.449 e. The van der Waals surface area contributed by atoms with Gasteiger partial charge in [-0.25, -0.2) is 9.59 Å². The van der Waals surface area contributed by atoms with Crippen molar-refractivity contribution >= 4 is 40.1 Å². The number of ether oxygens (including phenoxy) is 2. The molecular weight excluding hydrogens is 827 g/mol. The number of unbranched alkanes of at least 4 members (excludes halogenated alkanes) is 1. The van der Waals surface area contributed by atoms with Gasteiger partial charge >= 0.3 is 12.2 Å². The van der Waals surface area contributed by atoms with Gasteiger partial charge in [-0.3, -0.25) is 19.8 Å². The average Bonchev–Trinajstić information content (AvgIpc) is 3.57. The van der Waals surface area contributed by atoms with Crippen LogP contribution in [0.2, 0.25) is 0 Å². The van der Waals surface area contributed by atoms with Crippen molar-refractivity contribution < 1.29 is 41.9 Å². The molecule has 1 aliphatic rings. The number of hydrazine groups is 1. The molecular formula is C46H57N7O9S. The summed E-state index contributed by atoms with van der Waals surface area (Å²) in [7, 11) is -3.31. The summed E-state index contributed by atoms with van der Waals surface area (Å²) in [5.41, 5.74) is 7.00. The van der Waals surface area contributed by atoms with Crippen molar-refractivity contribution in [2.45, 2.75) is 89.6 Å². The first kappa shape index (κ1) is 47.7. The molecule has 1 aliphatic carbocycles. The van der Waals surface area contributed by atoms with E-state index in [2.05, 4.69) is 31.4 Å². The Bertz CT molecular complexity index is 2260. The van der Waals surface area contributed by atoms with Gasteiger partial charge in [-0.05, 0) is 86.8 Å². The monoisotopic (exact) mass is 883 g/mol. The fraction of sp³-hybridized carbons (Fsp3) is 0.370. The molecule has 6 N–H and O–H groups in total. The van der Waals surface area contributed by atoms with E-state index in [0.29, 0.717) is 28.4 Å². The standard InChI is InChI=1S/C46H57N7O9S/c1-31(49-45(58)61-30-38-36-24-14-12-22-34(36)35-23-13-15-25-37(35)38)41(54)51-53(29-33-20-10-7-11-21-33)63(59,60)52-40(28-32-18-8-6-9-19-32)43(56)50-39(42(55)47-5)26-16-17-27-48-44(57)62-46(2,3)4/h6-15,18-25,31,38-40,52H,16-17,26-30H2,1-5H3,(H,47,55)(H,48,57)(H,49,58)(H,50,56)(H,51,54)/t31-,39-,40+/m0/s1. The highest BCUT2D eigenvalue weighted by Gasteiger charge is 2.34. The zero-order valence-corrected chi connectivity index (χ0v) is 37.0. The molecule has 17 heteroatoms. The van der Waals surface area contributed by atoms with Crippen LogP contribution in [0.25, 0.3) is 11.1 Å². The Morgan fingerprint density at radius 2 is 1.27 bits per heavy atom. The van der Waals surface area contributed by atoms with E-state index in [-0.39, 0.29) is 38.5 Å². The summed E-state index contributed by atoms with van der Waals surface area (Å²) in [4.78, 5) is 65.8. The molecule has 336 valence electrons. The van der Waals surface area contributed by atoms with Crippen LogP contribution in [0, 0.1) is 0 Å². The van der Waals surface area contributed by atoms with Crippen LogP contribution < -0.4 is 31.4 Å². The maximum atomic E-state index is 14.3. The number of alkyl carbamates (subject to hydrolysis) is 2. The van der Waals surface area contributed by atoms with E-state index in [0.717, 1.165) is 22.3 Å². The number of benzene rings is 4. The van der Waals surface area contributed by atoms with Gasteiger partial charge in [-0.2, -0.15) is 13.1 Å².